The van der Waals surface area contributed by atoms with Crippen LogP contribution in [0.2, 0.25) is 20.1 Å². The van der Waals surface area contributed by atoms with Crippen LogP contribution in [0, 0.1) is 11.3 Å². The van der Waals surface area contributed by atoms with E-state index in [4.69, 9.17) is 46.4 Å². The summed E-state index contributed by atoms with van der Waals surface area (Å²) in [6.45, 7) is 10.9. The molecule has 1 rings (SSSR count). The van der Waals surface area contributed by atoms with Crippen molar-refractivity contribution in [3.63, 3.8) is 0 Å². The monoisotopic (exact) mass is 374 g/mol. The van der Waals surface area contributed by atoms with E-state index in [-0.39, 0.29) is 36.5 Å². The first kappa shape index (κ1) is 18.6. The Morgan fingerprint density at radius 1 is 0.900 bits per heavy atom. The summed E-state index contributed by atoms with van der Waals surface area (Å²) in [5.41, 5.74) is 0.0775. The number of thioether (sulfide) groups is 1. The van der Waals surface area contributed by atoms with Crippen molar-refractivity contribution in [2.45, 2.75) is 44.8 Å². The van der Waals surface area contributed by atoms with E-state index in [1.54, 1.807) is 0 Å². The van der Waals surface area contributed by atoms with Gasteiger partial charge in [-0.15, -0.1) is 11.8 Å². The van der Waals surface area contributed by atoms with Gasteiger partial charge < -0.3 is 5.11 Å². The SMILES string of the molecule is CC(C)C(C)(C)C(C)Sc1c(Cl)c(Cl)c(O)c(Cl)c1Cl. The van der Waals surface area contributed by atoms with Crippen molar-refractivity contribution < 1.29 is 5.11 Å². The van der Waals surface area contributed by atoms with Crippen LogP contribution in [0.15, 0.2) is 4.90 Å². The summed E-state index contributed by atoms with van der Waals surface area (Å²) in [7, 11) is 0. The molecule has 114 valence electrons. The molecule has 1 aromatic carbocycles. The fraction of sp³-hybridized carbons (Fsp3) is 0.571. The molecule has 0 saturated carbocycles. The number of phenols is 1. The van der Waals surface area contributed by atoms with Crippen LogP contribution in [-0.4, -0.2) is 10.4 Å². The molecule has 0 amide bonds. The molecule has 0 aliphatic rings. The van der Waals surface area contributed by atoms with E-state index in [1.165, 1.54) is 11.8 Å². The number of halogens is 4. The third kappa shape index (κ3) is 3.47. The molecule has 1 unspecified atom stereocenters. The average Bonchev–Trinajstić information content (AvgIpc) is 2.38. The van der Waals surface area contributed by atoms with Gasteiger partial charge in [-0.3, -0.25) is 0 Å². The van der Waals surface area contributed by atoms with Crippen LogP contribution in [0.1, 0.15) is 34.6 Å². The highest BCUT2D eigenvalue weighted by Gasteiger charge is 2.32. The number of aromatic hydroxyl groups is 1. The highest BCUT2D eigenvalue weighted by atomic mass is 35.5. The molecule has 0 saturated heterocycles. The molecule has 0 radical (unpaired) electrons. The Hall–Kier alpha value is 0.530. The molecule has 20 heavy (non-hydrogen) atoms. The second-order valence-electron chi connectivity index (χ2n) is 5.67. The lowest BCUT2D eigenvalue weighted by molar-refractivity contribution is 0.249. The molecule has 1 nitrogen and oxygen atoms in total. The largest absolute Gasteiger partial charge is 0.505 e. The van der Waals surface area contributed by atoms with Gasteiger partial charge in [0.1, 0.15) is 10.0 Å². The van der Waals surface area contributed by atoms with Crippen LogP contribution >= 0.6 is 58.2 Å². The third-order valence-electron chi connectivity index (χ3n) is 4.03. The molecule has 0 fully saturated rings. The lowest BCUT2D eigenvalue weighted by Gasteiger charge is -2.35. The van der Waals surface area contributed by atoms with Crippen LogP contribution in [0.3, 0.4) is 0 Å². The highest BCUT2D eigenvalue weighted by Crippen LogP contribution is 2.52. The molecule has 1 N–H and O–H groups in total. The van der Waals surface area contributed by atoms with Gasteiger partial charge in [-0.1, -0.05) is 81.0 Å². The van der Waals surface area contributed by atoms with Crippen LogP contribution in [0.5, 0.6) is 5.75 Å². The van der Waals surface area contributed by atoms with Crippen molar-refractivity contribution in [3.8, 4) is 5.75 Å². The van der Waals surface area contributed by atoms with Gasteiger partial charge >= 0.3 is 0 Å². The molecule has 0 aromatic heterocycles. The van der Waals surface area contributed by atoms with Gasteiger partial charge in [0.25, 0.3) is 0 Å². The van der Waals surface area contributed by atoms with Crippen LogP contribution in [0.25, 0.3) is 0 Å². The van der Waals surface area contributed by atoms with E-state index in [9.17, 15) is 5.11 Å². The van der Waals surface area contributed by atoms with Gasteiger partial charge in [0.15, 0.2) is 5.75 Å². The maximum absolute atomic E-state index is 9.73. The molecule has 1 aromatic rings. The van der Waals surface area contributed by atoms with Gasteiger partial charge in [-0.05, 0) is 11.3 Å². The third-order valence-corrected chi connectivity index (χ3v) is 7.54. The molecule has 1 atom stereocenters. The molecule has 0 heterocycles. The van der Waals surface area contributed by atoms with Crippen molar-refractivity contribution >= 4 is 58.2 Å². The van der Waals surface area contributed by atoms with E-state index in [2.05, 4.69) is 34.6 Å². The lowest BCUT2D eigenvalue weighted by Crippen LogP contribution is -2.29. The van der Waals surface area contributed by atoms with Crippen molar-refractivity contribution in [2.75, 3.05) is 0 Å². The van der Waals surface area contributed by atoms with E-state index >= 15 is 0 Å². The number of rotatable bonds is 4. The molecule has 6 heteroatoms. The maximum atomic E-state index is 9.73. The zero-order valence-electron chi connectivity index (χ0n) is 12.0. The first-order chi connectivity index (χ1) is 9.01. The Kier molecular flexibility index (Phi) is 6.27. The Morgan fingerprint density at radius 2 is 1.30 bits per heavy atom. The summed E-state index contributed by atoms with van der Waals surface area (Å²) in [6, 6.07) is 0. The minimum absolute atomic E-state index is 0.0399. The predicted molar refractivity (Wildman–Crippen MR) is 92.1 cm³/mol. The summed E-state index contributed by atoms with van der Waals surface area (Å²) < 4.78 is 0. The average molecular weight is 376 g/mol. The standard InChI is InChI=1S/C14H18Cl4OS/c1-6(2)14(4,5)7(3)20-13-10(17)8(15)12(19)9(16)11(13)18/h6-7,19H,1-5H3. The summed E-state index contributed by atoms with van der Waals surface area (Å²) in [5, 5.41) is 10.5. The second kappa shape index (κ2) is 6.75. The van der Waals surface area contributed by atoms with Crippen LogP contribution in [0.4, 0.5) is 0 Å². The number of hydrogen-bond donors (Lipinski definition) is 1. The Morgan fingerprint density at radius 3 is 1.65 bits per heavy atom. The Balaban J connectivity index is 3.24. The maximum Gasteiger partial charge on any atom is 0.155 e. The topological polar surface area (TPSA) is 20.2 Å². The normalized spacial score (nSPS) is 13.9. The molecule has 0 aliphatic heterocycles. The fourth-order valence-corrected chi connectivity index (χ4v) is 4.06. The Bertz CT molecular complexity index is 485. The van der Waals surface area contributed by atoms with Crippen molar-refractivity contribution in [3.05, 3.63) is 20.1 Å². The quantitative estimate of drug-likeness (QED) is 0.444. The van der Waals surface area contributed by atoms with E-state index in [0.717, 1.165) is 0 Å². The predicted octanol–water partition coefficient (Wildman–Crippen LogP) is 7.17. The first-order valence-electron chi connectivity index (χ1n) is 6.23. The summed E-state index contributed by atoms with van der Waals surface area (Å²) in [6.07, 6.45) is 0. The zero-order chi connectivity index (χ0) is 15.8. The van der Waals surface area contributed by atoms with Crippen molar-refractivity contribution in [1.82, 2.24) is 0 Å². The van der Waals surface area contributed by atoms with Crippen LogP contribution < -0.4 is 0 Å². The minimum Gasteiger partial charge on any atom is -0.505 e. The van der Waals surface area contributed by atoms with E-state index in [0.29, 0.717) is 10.8 Å². The zero-order valence-corrected chi connectivity index (χ0v) is 15.9. The molecule has 0 aliphatic carbocycles. The molecule has 0 bridgehead atoms. The van der Waals surface area contributed by atoms with Crippen molar-refractivity contribution in [2.24, 2.45) is 11.3 Å². The van der Waals surface area contributed by atoms with Crippen molar-refractivity contribution in [1.29, 1.82) is 0 Å². The summed E-state index contributed by atoms with van der Waals surface area (Å²) in [4.78, 5) is 0.613. The first-order valence-corrected chi connectivity index (χ1v) is 8.62. The number of phenolic OH excluding ortho intramolecular Hbond substituents is 1. The van der Waals surface area contributed by atoms with Gasteiger partial charge in [0, 0.05) is 10.1 Å². The Labute approximate surface area is 144 Å². The van der Waals surface area contributed by atoms with Gasteiger partial charge in [-0.25, -0.2) is 0 Å². The van der Waals surface area contributed by atoms with Gasteiger partial charge in [-0.2, -0.15) is 0 Å². The minimum atomic E-state index is -0.275. The van der Waals surface area contributed by atoms with Crippen LogP contribution in [-0.2, 0) is 0 Å². The smallest absolute Gasteiger partial charge is 0.155 e. The molecular weight excluding hydrogens is 358 g/mol. The fourth-order valence-electron chi connectivity index (χ4n) is 1.50. The van der Waals surface area contributed by atoms with Gasteiger partial charge in [0.05, 0.1) is 10.0 Å². The summed E-state index contributed by atoms with van der Waals surface area (Å²) in [5.74, 6) is 0.217. The summed E-state index contributed by atoms with van der Waals surface area (Å²) >= 11 is 25.9. The lowest BCUT2D eigenvalue weighted by atomic mass is 9.78. The van der Waals surface area contributed by atoms with E-state index < -0.39 is 0 Å². The second-order valence-corrected chi connectivity index (χ2v) is 8.53. The number of benzene rings is 1. The molecule has 0 spiro atoms. The number of hydrogen-bond acceptors (Lipinski definition) is 2. The van der Waals surface area contributed by atoms with Gasteiger partial charge in [0.2, 0.25) is 0 Å². The highest BCUT2D eigenvalue weighted by molar-refractivity contribution is 8.00. The molecular formula is C14H18Cl4OS. The van der Waals surface area contributed by atoms with E-state index in [1.807, 2.05) is 0 Å².